The molecule has 1 saturated carbocycles. The number of nitrogens with zero attached hydrogens (tertiary/aromatic N) is 2. The number of hydrogen-bond acceptors (Lipinski definition) is 4. The van der Waals surface area contributed by atoms with Gasteiger partial charge in [0.1, 0.15) is 17.3 Å². The normalized spacial score (nSPS) is 20.0. The van der Waals surface area contributed by atoms with Gasteiger partial charge >= 0.3 is 6.03 Å². The maximum absolute atomic E-state index is 13.3. The number of anilines is 1. The lowest BCUT2D eigenvalue weighted by Crippen LogP contribution is -2.66. The van der Waals surface area contributed by atoms with Crippen LogP contribution in [0.3, 0.4) is 0 Å². The van der Waals surface area contributed by atoms with Crippen LogP contribution in [0.15, 0.2) is 18.2 Å². The Bertz CT molecular complexity index is 719. The van der Waals surface area contributed by atoms with Crippen LogP contribution in [0, 0.1) is 22.6 Å². The molecule has 1 saturated heterocycles. The average Bonchev–Trinajstić information content (AvgIpc) is 2.38. The number of carbonyl (C=O) groups is 3. The number of imide groups is 2. The van der Waals surface area contributed by atoms with Gasteiger partial charge in [-0.1, -0.05) is 6.42 Å². The van der Waals surface area contributed by atoms with Crippen LogP contribution in [-0.2, 0) is 9.59 Å². The SMILES string of the molecule is N#Cc1cc(N2C(=O)NC(=O)C3(CCC3)C2=O)ccc1F. The van der Waals surface area contributed by atoms with Gasteiger partial charge in [0.15, 0.2) is 0 Å². The molecule has 1 aromatic rings. The maximum atomic E-state index is 13.3. The van der Waals surface area contributed by atoms with Gasteiger partial charge in [-0.15, -0.1) is 0 Å². The Kier molecular flexibility index (Phi) is 2.76. The van der Waals surface area contributed by atoms with Crippen molar-refractivity contribution in [2.45, 2.75) is 19.3 Å². The summed E-state index contributed by atoms with van der Waals surface area (Å²) in [4.78, 5) is 37.1. The van der Waals surface area contributed by atoms with Crippen molar-refractivity contribution >= 4 is 23.5 Å². The Balaban J connectivity index is 2.05. The summed E-state index contributed by atoms with van der Waals surface area (Å²) in [6.45, 7) is 0. The molecule has 0 unspecified atom stereocenters. The fraction of sp³-hybridized carbons (Fsp3) is 0.286. The Labute approximate surface area is 119 Å². The maximum Gasteiger partial charge on any atom is 0.335 e. The summed E-state index contributed by atoms with van der Waals surface area (Å²) < 4.78 is 13.3. The zero-order valence-electron chi connectivity index (χ0n) is 10.9. The first-order chi connectivity index (χ1) is 9.99. The average molecular weight is 287 g/mol. The number of hydrogen-bond donors (Lipinski definition) is 1. The molecular weight excluding hydrogens is 277 g/mol. The number of nitrogens with one attached hydrogen (secondary N) is 1. The molecule has 1 aliphatic carbocycles. The van der Waals surface area contributed by atoms with Gasteiger partial charge in [0.2, 0.25) is 5.91 Å². The molecule has 1 spiro atoms. The van der Waals surface area contributed by atoms with Crippen molar-refractivity contribution < 1.29 is 18.8 Å². The molecule has 1 heterocycles. The number of carbonyl (C=O) groups excluding carboxylic acids is 3. The summed E-state index contributed by atoms with van der Waals surface area (Å²) in [5.41, 5.74) is -1.39. The smallest absolute Gasteiger partial charge is 0.276 e. The fourth-order valence-electron chi connectivity index (χ4n) is 2.62. The van der Waals surface area contributed by atoms with Crippen LogP contribution in [0.25, 0.3) is 0 Å². The summed E-state index contributed by atoms with van der Waals surface area (Å²) in [7, 11) is 0. The van der Waals surface area contributed by atoms with Gasteiger partial charge in [-0.25, -0.2) is 14.1 Å². The van der Waals surface area contributed by atoms with Crippen molar-refractivity contribution in [3.05, 3.63) is 29.6 Å². The van der Waals surface area contributed by atoms with E-state index < -0.39 is 29.1 Å². The van der Waals surface area contributed by atoms with E-state index in [2.05, 4.69) is 5.32 Å². The molecule has 3 rings (SSSR count). The van der Waals surface area contributed by atoms with Crippen LogP contribution in [-0.4, -0.2) is 17.8 Å². The van der Waals surface area contributed by atoms with E-state index in [0.29, 0.717) is 12.8 Å². The second kappa shape index (κ2) is 4.38. The van der Waals surface area contributed by atoms with Gasteiger partial charge in [0.05, 0.1) is 11.3 Å². The van der Waals surface area contributed by atoms with Gasteiger partial charge < -0.3 is 0 Å². The van der Waals surface area contributed by atoms with Crippen molar-refractivity contribution in [2.75, 3.05) is 4.90 Å². The van der Waals surface area contributed by atoms with E-state index in [9.17, 15) is 18.8 Å². The molecule has 21 heavy (non-hydrogen) atoms. The lowest BCUT2D eigenvalue weighted by Gasteiger charge is -2.44. The van der Waals surface area contributed by atoms with E-state index in [1.165, 1.54) is 6.07 Å². The Morgan fingerprint density at radius 2 is 2.00 bits per heavy atom. The molecule has 1 N–H and O–H groups in total. The van der Waals surface area contributed by atoms with Crippen LogP contribution < -0.4 is 10.2 Å². The highest BCUT2D eigenvalue weighted by molar-refractivity contribution is 6.30. The summed E-state index contributed by atoms with van der Waals surface area (Å²) in [5.74, 6) is -1.93. The first kappa shape index (κ1) is 13.2. The van der Waals surface area contributed by atoms with Crippen molar-refractivity contribution in [3.8, 4) is 6.07 Å². The molecule has 0 bridgehead atoms. The second-order valence-corrected chi connectivity index (χ2v) is 5.11. The Morgan fingerprint density at radius 3 is 2.57 bits per heavy atom. The van der Waals surface area contributed by atoms with E-state index in [1.807, 2.05) is 0 Å². The van der Waals surface area contributed by atoms with E-state index in [4.69, 9.17) is 5.26 Å². The largest absolute Gasteiger partial charge is 0.335 e. The monoisotopic (exact) mass is 287 g/mol. The third-order valence-electron chi connectivity index (χ3n) is 4.01. The zero-order valence-corrected chi connectivity index (χ0v) is 10.9. The lowest BCUT2D eigenvalue weighted by molar-refractivity contribution is -0.148. The molecular formula is C14H10FN3O3. The lowest BCUT2D eigenvalue weighted by atomic mass is 9.66. The number of halogens is 1. The minimum absolute atomic E-state index is 0.0780. The topological polar surface area (TPSA) is 90.3 Å². The highest BCUT2D eigenvalue weighted by Gasteiger charge is 2.57. The van der Waals surface area contributed by atoms with Crippen molar-refractivity contribution in [2.24, 2.45) is 5.41 Å². The minimum Gasteiger partial charge on any atom is -0.276 e. The van der Waals surface area contributed by atoms with Crippen molar-refractivity contribution in [1.82, 2.24) is 5.32 Å². The van der Waals surface area contributed by atoms with E-state index in [-0.39, 0.29) is 11.3 Å². The molecule has 1 aliphatic heterocycles. The van der Waals surface area contributed by atoms with Crippen LogP contribution in [0.1, 0.15) is 24.8 Å². The number of rotatable bonds is 1. The number of amides is 4. The van der Waals surface area contributed by atoms with Gasteiger partial charge in [-0.05, 0) is 31.0 Å². The summed E-state index contributed by atoms with van der Waals surface area (Å²) >= 11 is 0. The fourth-order valence-corrected chi connectivity index (χ4v) is 2.62. The Hall–Kier alpha value is -2.75. The van der Waals surface area contributed by atoms with Crippen LogP contribution in [0.5, 0.6) is 0 Å². The van der Waals surface area contributed by atoms with E-state index >= 15 is 0 Å². The number of benzene rings is 1. The zero-order chi connectivity index (χ0) is 15.2. The summed E-state index contributed by atoms with van der Waals surface area (Å²) in [5, 5.41) is 11.0. The van der Waals surface area contributed by atoms with Crippen molar-refractivity contribution in [3.63, 3.8) is 0 Å². The van der Waals surface area contributed by atoms with Gasteiger partial charge in [-0.3, -0.25) is 14.9 Å². The standard InChI is InChI=1S/C14H10FN3O3/c15-10-3-2-9(6-8(10)7-16)18-12(20)14(4-1-5-14)11(19)17-13(18)21/h2-3,6H,1,4-5H2,(H,17,19,21). The number of nitriles is 1. The second-order valence-electron chi connectivity index (χ2n) is 5.11. The molecule has 0 aromatic heterocycles. The highest BCUT2D eigenvalue weighted by atomic mass is 19.1. The molecule has 2 fully saturated rings. The van der Waals surface area contributed by atoms with Gasteiger partial charge in [0.25, 0.3) is 5.91 Å². The predicted molar refractivity (Wildman–Crippen MR) is 68.4 cm³/mol. The molecule has 0 atom stereocenters. The molecule has 1 aromatic carbocycles. The third-order valence-corrected chi connectivity index (χ3v) is 4.01. The predicted octanol–water partition coefficient (Wildman–Crippen LogP) is 1.45. The summed E-state index contributed by atoms with van der Waals surface area (Å²) in [6.07, 6.45) is 1.50. The number of barbiturate groups is 1. The van der Waals surface area contributed by atoms with Gasteiger partial charge in [0, 0.05) is 0 Å². The van der Waals surface area contributed by atoms with Gasteiger partial charge in [-0.2, -0.15) is 5.26 Å². The molecule has 6 nitrogen and oxygen atoms in total. The highest BCUT2D eigenvalue weighted by Crippen LogP contribution is 2.45. The molecule has 2 aliphatic rings. The third kappa shape index (κ3) is 1.72. The minimum atomic E-state index is -1.20. The van der Waals surface area contributed by atoms with E-state index in [0.717, 1.165) is 23.5 Å². The molecule has 106 valence electrons. The molecule has 4 amide bonds. The van der Waals surface area contributed by atoms with Crippen LogP contribution in [0.2, 0.25) is 0 Å². The van der Waals surface area contributed by atoms with E-state index in [1.54, 1.807) is 6.07 Å². The molecule has 7 heteroatoms. The van der Waals surface area contributed by atoms with Crippen molar-refractivity contribution in [1.29, 1.82) is 5.26 Å². The first-order valence-corrected chi connectivity index (χ1v) is 6.39. The number of urea groups is 1. The first-order valence-electron chi connectivity index (χ1n) is 6.39. The molecule has 0 radical (unpaired) electrons. The van der Waals surface area contributed by atoms with Crippen LogP contribution in [0.4, 0.5) is 14.9 Å². The summed E-state index contributed by atoms with van der Waals surface area (Å²) in [6, 6.07) is 4.14. The quantitative estimate of drug-likeness (QED) is 0.791. The van der Waals surface area contributed by atoms with Crippen LogP contribution >= 0.6 is 0 Å². The Morgan fingerprint density at radius 1 is 1.29 bits per heavy atom.